The van der Waals surface area contributed by atoms with Crippen molar-refractivity contribution in [2.24, 2.45) is 0 Å². The van der Waals surface area contributed by atoms with Crippen LogP contribution < -0.4 is 0 Å². The van der Waals surface area contributed by atoms with Crippen LogP contribution in [0.15, 0.2) is 22.7 Å². The predicted octanol–water partition coefficient (Wildman–Crippen LogP) is 4.74. The van der Waals surface area contributed by atoms with Crippen LogP contribution in [-0.4, -0.2) is 4.98 Å². The largest absolute Gasteiger partial charge is 0.253 e. The molecule has 1 aromatic carbocycles. The van der Waals surface area contributed by atoms with Crippen LogP contribution in [0.25, 0.3) is 10.9 Å². The summed E-state index contributed by atoms with van der Waals surface area (Å²) in [4.78, 5) is 4.72. The van der Waals surface area contributed by atoms with Gasteiger partial charge < -0.3 is 0 Å². The average Bonchev–Trinajstić information content (AvgIpc) is 2.20. The second-order valence-corrected chi connectivity index (χ2v) is 5.49. The second-order valence-electron chi connectivity index (χ2n) is 4.64. The molecule has 0 bridgehead atoms. The van der Waals surface area contributed by atoms with E-state index in [2.05, 4.69) is 61.8 Å². The van der Waals surface area contributed by atoms with Gasteiger partial charge in [0.25, 0.3) is 0 Å². The molecule has 0 amide bonds. The molecule has 0 fully saturated rings. The van der Waals surface area contributed by atoms with Crippen molar-refractivity contribution in [1.82, 2.24) is 4.98 Å². The summed E-state index contributed by atoms with van der Waals surface area (Å²) < 4.78 is 1.15. The minimum Gasteiger partial charge on any atom is -0.253 e. The van der Waals surface area contributed by atoms with E-state index in [4.69, 9.17) is 4.98 Å². The fourth-order valence-corrected chi connectivity index (χ4v) is 2.18. The maximum atomic E-state index is 4.72. The van der Waals surface area contributed by atoms with Crippen molar-refractivity contribution in [2.75, 3.05) is 0 Å². The number of aryl methyl sites for hydroxylation is 2. The van der Waals surface area contributed by atoms with E-state index in [-0.39, 0.29) is 0 Å². The van der Waals surface area contributed by atoms with Crippen molar-refractivity contribution in [2.45, 2.75) is 33.6 Å². The Morgan fingerprint density at radius 1 is 1.06 bits per heavy atom. The van der Waals surface area contributed by atoms with Gasteiger partial charge in [0.05, 0.1) is 5.52 Å². The topological polar surface area (TPSA) is 12.9 Å². The molecule has 0 spiro atoms. The first-order valence-electron chi connectivity index (χ1n) is 5.56. The van der Waals surface area contributed by atoms with Crippen molar-refractivity contribution in [1.29, 1.82) is 0 Å². The second kappa shape index (κ2) is 4.17. The van der Waals surface area contributed by atoms with Crippen LogP contribution in [0.4, 0.5) is 0 Å². The van der Waals surface area contributed by atoms with Gasteiger partial charge in [-0.1, -0.05) is 29.8 Å². The molecule has 0 N–H and O–H groups in total. The first-order valence-corrected chi connectivity index (χ1v) is 6.35. The highest BCUT2D eigenvalue weighted by molar-refractivity contribution is 9.10. The maximum absolute atomic E-state index is 4.72. The molecule has 0 aliphatic heterocycles. The van der Waals surface area contributed by atoms with E-state index in [1.165, 1.54) is 22.2 Å². The van der Waals surface area contributed by atoms with E-state index >= 15 is 0 Å². The van der Waals surface area contributed by atoms with Crippen LogP contribution in [0.5, 0.6) is 0 Å². The molecule has 0 unspecified atom stereocenters. The summed E-state index contributed by atoms with van der Waals surface area (Å²) in [5.74, 6) is 0.479. The lowest BCUT2D eigenvalue weighted by molar-refractivity contribution is 0.828. The van der Waals surface area contributed by atoms with Crippen molar-refractivity contribution in [3.63, 3.8) is 0 Å². The van der Waals surface area contributed by atoms with Crippen LogP contribution in [0.2, 0.25) is 0 Å². The van der Waals surface area contributed by atoms with Crippen molar-refractivity contribution < 1.29 is 0 Å². The van der Waals surface area contributed by atoms with Gasteiger partial charge in [-0.3, -0.25) is 4.98 Å². The Morgan fingerprint density at radius 3 is 2.38 bits per heavy atom. The lowest BCUT2D eigenvalue weighted by atomic mass is 10.0. The minimum atomic E-state index is 0.479. The number of nitrogens with zero attached hydrogens (tertiary/aromatic N) is 1. The number of benzene rings is 1. The fraction of sp³-hybridized carbons (Fsp3) is 0.357. The summed E-state index contributed by atoms with van der Waals surface area (Å²) in [6.07, 6.45) is 0. The van der Waals surface area contributed by atoms with Crippen LogP contribution in [0.1, 0.15) is 36.6 Å². The molecule has 0 saturated heterocycles. The molecule has 1 heterocycles. The molecule has 84 valence electrons. The van der Waals surface area contributed by atoms with Gasteiger partial charge in [0.2, 0.25) is 0 Å². The quantitative estimate of drug-likeness (QED) is 0.734. The number of aromatic nitrogens is 1. The molecule has 2 aromatic rings. The SMILES string of the molecule is Cc1cc2nc(C(C)C)cc(C)c2cc1Br. The molecular weight excluding hydrogens is 262 g/mol. The van der Waals surface area contributed by atoms with Gasteiger partial charge in [-0.05, 0) is 49.1 Å². The smallest absolute Gasteiger partial charge is 0.0711 e. The summed E-state index contributed by atoms with van der Waals surface area (Å²) in [5, 5.41) is 1.24. The Labute approximate surface area is 105 Å². The number of pyridine rings is 1. The molecule has 1 aromatic heterocycles. The molecule has 0 atom stereocenters. The monoisotopic (exact) mass is 277 g/mol. The number of hydrogen-bond donors (Lipinski definition) is 0. The third-order valence-electron chi connectivity index (χ3n) is 2.91. The Kier molecular flexibility index (Phi) is 3.02. The van der Waals surface area contributed by atoms with Gasteiger partial charge in [0, 0.05) is 15.6 Å². The third-order valence-corrected chi connectivity index (χ3v) is 3.76. The van der Waals surface area contributed by atoms with Crippen LogP contribution in [0, 0.1) is 13.8 Å². The van der Waals surface area contributed by atoms with Gasteiger partial charge in [0.15, 0.2) is 0 Å². The highest BCUT2D eigenvalue weighted by Crippen LogP contribution is 2.27. The molecular formula is C14H16BrN. The van der Waals surface area contributed by atoms with Crippen molar-refractivity contribution in [3.8, 4) is 0 Å². The van der Waals surface area contributed by atoms with E-state index in [1.54, 1.807) is 0 Å². The summed E-state index contributed by atoms with van der Waals surface area (Å²) >= 11 is 3.57. The summed E-state index contributed by atoms with van der Waals surface area (Å²) in [6, 6.07) is 6.50. The van der Waals surface area contributed by atoms with E-state index in [1.807, 2.05) is 0 Å². The van der Waals surface area contributed by atoms with E-state index in [9.17, 15) is 0 Å². The lowest BCUT2D eigenvalue weighted by Crippen LogP contribution is -1.95. The Bertz CT molecular complexity index is 544. The standard InChI is InChI=1S/C14H16BrN/c1-8(2)13-5-9(3)11-7-12(15)10(4)6-14(11)16-13/h5-8H,1-4H3. The summed E-state index contributed by atoms with van der Waals surface area (Å²) in [7, 11) is 0. The first-order chi connectivity index (χ1) is 7.49. The van der Waals surface area contributed by atoms with Gasteiger partial charge in [-0.2, -0.15) is 0 Å². The maximum Gasteiger partial charge on any atom is 0.0711 e. The van der Waals surface area contributed by atoms with Crippen LogP contribution >= 0.6 is 15.9 Å². The van der Waals surface area contributed by atoms with Gasteiger partial charge >= 0.3 is 0 Å². The van der Waals surface area contributed by atoms with Gasteiger partial charge in [-0.15, -0.1) is 0 Å². The zero-order valence-electron chi connectivity index (χ0n) is 10.1. The minimum absolute atomic E-state index is 0.479. The van der Waals surface area contributed by atoms with E-state index in [0.29, 0.717) is 5.92 Å². The molecule has 2 heteroatoms. The molecule has 1 nitrogen and oxygen atoms in total. The van der Waals surface area contributed by atoms with Gasteiger partial charge in [-0.25, -0.2) is 0 Å². The molecule has 0 saturated carbocycles. The molecule has 0 aliphatic carbocycles. The van der Waals surface area contributed by atoms with Crippen LogP contribution in [-0.2, 0) is 0 Å². The van der Waals surface area contributed by atoms with Gasteiger partial charge in [0.1, 0.15) is 0 Å². The fourth-order valence-electron chi connectivity index (χ4n) is 1.84. The highest BCUT2D eigenvalue weighted by atomic mass is 79.9. The molecule has 16 heavy (non-hydrogen) atoms. The summed E-state index contributed by atoms with van der Waals surface area (Å²) in [6.45, 7) is 8.61. The number of halogens is 1. The molecule has 0 radical (unpaired) electrons. The first kappa shape index (κ1) is 11.6. The number of rotatable bonds is 1. The Balaban J connectivity index is 2.77. The Hall–Kier alpha value is -0.890. The average molecular weight is 278 g/mol. The lowest BCUT2D eigenvalue weighted by Gasteiger charge is -2.10. The summed E-state index contributed by atoms with van der Waals surface area (Å²) in [5.41, 5.74) is 4.81. The zero-order chi connectivity index (χ0) is 11.9. The molecule has 2 rings (SSSR count). The number of hydrogen-bond acceptors (Lipinski definition) is 1. The normalized spacial score (nSPS) is 11.4. The van der Waals surface area contributed by atoms with E-state index in [0.717, 1.165) is 9.99 Å². The predicted molar refractivity (Wildman–Crippen MR) is 73.0 cm³/mol. The highest BCUT2D eigenvalue weighted by Gasteiger charge is 2.07. The third kappa shape index (κ3) is 1.99. The number of fused-ring (bicyclic) bond motifs is 1. The molecule has 0 aliphatic rings. The van der Waals surface area contributed by atoms with Crippen molar-refractivity contribution in [3.05, 3.63) is 39.5 Å². The van der Waals surface area contributed by atoms with E-state index < -0.39 is 0 Å². The Morgan fingerprint density at radius 2 is 1.75 bits per heavy atom. The zero-order valence-corrected chi connectivity index (χ0v) is 11.7. The van der Waals surface area contributed by atoms with Crippen LogP contribution in [0.3, 0.4) is 0 Å². The van der Waals surface area contributed by atoms with Crippen molar-refractivity contribution >= 4 is 26.8 Å².